The summed E-state index contributed by atoms with van der Waals surface area (Å²) in [5.41, 5.74) is 0.477. The van der Waals surface area contributed by atoms with Gasteiger partial charge in [-0.2, -0.15) is 0 Å². The van der Waals surface area contributed by atoms with Gasteiger partial charge in [0, 0.05) is 6.07 Å². The van der Waals surface area contributed by atoms with Crippen LogP contribution in [0.25, 0.3) is 0 Å². The van der Waals surface area contributed by atoms with Crippen LogP contribution in [0.2, 0.25) is 0 Å². The maximum absolute atomic E-state index is 12.0. The predicted molar refractivity (Wildman–Crippen MR) is 51.8 cm³/mol. The highest BCUT2D eigenvalue weighted by molar-refractivity contribution is 6.17. The molecule has 0 N–H and O–H groups in total. The Balaban J connectivity index is 3.11. The molecule has 0 aliphatic heterocycles. The van der Waals surface area contributed by atoms with Crippen molar-refractivity contribution in [2.24, 2.45) is 0 Å². The molecule has 0 aliphatic carbocycles. The third kappa shape index (κ3) is 3.16. The van der Waals surface area contributed by atoms with Crippen LogP contribution in [0.5, 0.6) is 11.5 Å². The first-order chi connectivity index (χ1) is 7.37. The fourth-order valence-corrected chi connectivity index (χ4v) is 1.31. The second-order valence-electron chi connectivity index (χ2n) is 2.90. The van der Waals surface area contributed by atoms with Crippen molar-refractivity contribution in [3.05, 3.63) is 17.5 Å². The Morgan fingerprint density at radius 1 is 1.38 bits per heavy atom. The Labute approximate surface area is 95.1 Å². The lowest BCUT2D eigenvalue weighted by Crippen LogP contribution is -2.18. The minimum Gasteiger partial charge on any atom is -0.495 e. The zero-order valence-corrected chi connectivity index (χ0v) is 9.32. The number of ether oxygens (including phenoxy) is 2. The van der Waals surface area contributed by atoms with E-state index in [1.165, 1.54) is 14.0 Å². The second kappa shape index (κ2) is 4.78. The molecule has 0 fully saturated rings. The molecule has 7 heteroatoms. The molecule has 1 aromatic rings. The molecule has 16 heavy (non-hydrogen) atoms. The van der Waals surface area contributed by atoms with E-state index in [9.17, 15) is 13.2 Å². The molecule has 0 radical (unpaired) electrons. The molecule has 1 rings (SSSR count). The average Bonchev–Trinajstić information content (AvgIpc) is 2.18. The second-order valence-corrected chi connectivity index (χ2v) is 3.17. The predicted octanol–water partition coefficient (Wildman–Crippen LogP) is 3.04. The van der Waals surface area contributed by atoms with Gasteiger partial charge in [0.15, 0.2) is 5.75 Å². The van der Waals surface area contributed by atoms with Crippen LogP contribution in [0, 0.1) is 6.92 Å². The van der Waals surface area contributed by atoms with Crippen molar-refractivity contribution in [2.45, 2.75) is 19.2 Å². The number of hydrogen-bond acceptors (Lipinski definition) is 3. The number of aromatic nitrogens is 1. The van der Waals surface area contributed by atoms with Crippen molar-refractivity contribution in [2.75, 3.05) is 7.11 Å². The van der Waals surface area contributed by atoms with Crippen LogP contribution < -0.4 is 9.47 Å². The van der Waals surface area contributed by atoms with Crippen LogP contribution in [-0.2, 0) is 5.88 Å². The first-order valence-electron chi connectivity index (χ1n) is 4.23. The third-order valence-electron chi connectivity index (χ3n) is 1.78. The number of nitrogens with zero attached hydrogens (tertiary/aromatic N) is 1. The van der Waals surface area contributed by atoms with Crippen molar-refractivity contribution in [3.63, 3.8) is 0 Å². The number of alkyl halides is 4. The lowest BCUT2D eigenvalue weighted by Gasteiger charge is -2.13. The standard InChI is InChI=1S/C9H9ClF3NO2/c1-5-7(16-9(11,12)13)3-8(15-2)6(4-10)14-5/h3H,4H2,1-2H3. The highest BCUT2D eigenvalue weighted by Crippen LogP contribution is 2.30. The Hall–Kier alpha value is -1.17. The Morgan fingerprint density at radius 2 is 2.00 bits per heavy atom. The quantitative estimate of drug-likeness (QED) is 0.778. The summed E-state index contributed by atoms with van der Waals surface area (Å²) in [6.07, 6.45) is -4.75. The molecule has 0 unspecified atom stereocenters. The molecular formula is C9H9ClF3NO2. The summed E-state index contributed by atoms with van der Waals surface area (Å²) in [4.78, 5) is 3.86. The molecule has 0 amide bonds. The monoisotopic (exact) mass is 255 g/mol. The van der Waals surface area contributed by atoms with Gasteiger partial charge in [-0.25, -0.2) is 4.98 Å². The van der Waals surface area contributed by atoms with Gasteiger partial charge in [0.1, 0.15) is 5.75 Å². The van der Waals surface area contributed by atoms with Crippen molar-refractivity contribution in [1.29, 1.82) is 0 Å². The molecule has 0 bridgehead atoms. The third-order valence-corrected chi connectivity index (χ3v) is 2.03. The summed E-state index contributed by atoms with van der Waals surface area (Å²) in [6, 6.07) is 1.12. The molecule has 0 aromatic carbocycles. The number of pyridine rings is 1. The topological polar surface area (TPSA) is 31.4 Å². The molecule has 0 atom stereocenters. The highest BCUT2D eigenvalue weighted by atomic mass is 35.5. The smallest absolute Gasteiger partial charge is 0.495 e. The van der Waals surface area contributed by atoms with E-state index < -0.39 is 12.1 Å². The fourth-order valence-electron chi connectivity index (χ4n) is 1.12. The van der Waals surface area contributed by atoms with E-state index in [-0.39, 0.29) is 17.3 Å². The van der Waals surface area contributed by atoms with Crippen LogP contribution in [0.15, 0.2) is 6.07 Å². The molecule has 0 aliphatic rings. The number of halogens is 4. The maximum atomic E-state index is 12.0. The number of aryl methyl sites for hydroxylation is 1. The van der Waals surface area contributed by atoms with E-state index in [0.717, 1.165) is 6.07 Å². The minimum atomic E-state index is -4.75. The van der Waals surface area contributed by atoms with Crippen LogP contribution >= 0.6 is 11.6 Å². The van der Waals surface area contributed by atoms with Gasteiger partial charge in [-0.3, -0.25) is 0 Å². The van der Waals surface area contributed by atoms with Crippen LogP contribution in [-0.4, -0.2) is 18.5 Å². The summed E-state index contributed by atoms with van der Waals surface area (Å²) >= 11 is 5.56. The van der Waals surface area contributed by atoms with E-state index in [2.05, 4.69) is 9.72 Å². The first-order valence-corrected chi connectivity index (χ1v) is 4.77. The first kappa shape index (κ1) is 12.9. The molecule has 1 aromatic heterocycles. The summed E-state index contributed by atoms with van der Waals surface area (Å²) < 4.78 is 44.7. The summed E-state index contributed by atoms with van der Waals surface area (Å²) in [6.45, 7) is 1.40. The molecule has 0 saturated carbocycles. The summed E-state index contributed by atoms with van der Waals surface area (Å²) in [7, 11) is 1.32. The van der Waals surface area contributed by atoms with Crippen molar-refractivity contribution in [1.82, 2.24) is 4.98 Å². The van der Waals surface area contributed by atoms with Gasteiger partial charge in [-0.15, -0.1) is 24.8 Å². The SMILES string of the molecule is COc1cc(OC(F)(F)F)c(C)nc1CCl. The van der Waals surface area contributed by atoms with Gasteiger partial charge < -0.3 is 9.47 Å². The molecule has 0 spiro atoms. The van der Waals surface area contributed by atoms with Gasteiger partial charge in [0.25, 0.3) is 0 Å². The Bertz CT molecular complexity index is 382. The lowest BCUT2D eigenvalue weighted by molar-refractivity contribution is -0.275. The van der Waals surface area contributed by atoms with Crippen molar-refractivity contribution in [3.8, 4) is 11.5 Å². The van der Waals surface area contributed by atoms with Gasteiger partial charge in [-0.1, -0.05) is 0 Å². The number of methoxy groups -OCH3 is 1. The largest absolute Gasteiger partial charge is 0.573 e. The number of rotatable bonds is 3. The van der Waals surface area contributed by atoms with Crippen LogP contribution in [0.1, 0.15) is 11.4 Å². The van der Waals surface area contributed by atoms with E-state index in [1.807, 2.05) is 0 Å². The highest BCUT2D eigenvalue weighted by Gasteiger charge is 2.32. The molecule has 90 valence electrons. The minimum absolute atomic E-state index is 0.0519. The van der Waals surface area contributed by atoms with E-state index in [0.29, 0.717) is 5.69 Å². The van der Waals surface area contributed by atoms with Gasteiger partial charge in [-0.05, 0) is 6.92 Å². The molecule has 0 saturated heterocycles. The number of hydrogen-bond donors (Lipinski definition) is 0. The summed E-state index contributed by atoms with van der Waals surface area (Å²) in [5, 5.41) is 0. The maximum Gasteiger partial charge on any atom is 0.573 e. The summed E-state index contributed by atoms with van der Waals surface area (Å²) in [5.74, 6) is -0.172. The Kier molecular flexibility index (Phi) is 3.85. The van der Waals surface area contributed by atoms with Crippen LogP contribution in [0.4, 0.5) is 13.2 Å². The van der Waals surface area contributed by atoms with Gasteiger partial charge in [0.2, 0.25) is 0 Å². The zero-order valence-electron chi connectivity index (χ0n) is 8.56. The lowest BCUT2D eigenvalue weighted by atomic mass is 10.3. The zero-order chi connectivity index (χ0) is 12.3. The van der Waals surface area contributed by atoms with Gasteiger partial charge in [0.05, 0.1) is 24.4 Å². The van der Waals surface area contributed by atoms with Crippen molar-refractivity contribution < 1.29 is 22.6 Å². The Morgan fingerprint density at radius 3 is 2.44 bits per heavy atom. The molecule has 1 heterocycles. The van der Waals surface area contributed by atoms with E-state index in [4.69, 9.17) is 16.3 Å². The van der Waals surface area contributed by atoms with E-state index in [1.54, 1.807) is 0 Å². The molecular weight excluding hydrogens is 247 g/mol. The fraction of sp³-hybridized carbons (Fsp3) is 0.444. The van der Waals surface area contributed by atoms with E-state index >= 15 is 0 Å². The molecule has 3 nitrogen and oxygen atoms in total. The average molecular weight is 256 g/mol. The normalized spacial score (nSPS) is 11.4. The van der Waals surface area contributed by atoms with Gasteiger partial charge >= 0.3 is 6.36 Å². The van der Waals surface area contributed by atoms with Crippen LogP contribution in [0.3, 0.4) is 0 Å². The van der Waals surface area contributed by atoms with Crippen molar-refractivity contribution >= 4 is 11.6 Å².